The van der Waals surface area contributed by atoms with Crippen LogP contribution in [0.25, 0.3) is 0 Å². The molecule has 59 heavy (non-hydrogen) atoms. The monoisotopic (exact) mass is 812 g/mol. The van der Waals surface area contributed by atoms with Crippen molar-refractivity contribution in [3.8, 4) is 23.0 Å². The van der Waals surface area contributed by atoms with Crippen LogP contribution in [-0.4, -0.2) is 76.7 Å². The largest absolute Gasteiger partial charge is 0.482 e. The van der Waals surface area contributed by atoms with Gasteiger partial charge in [0, 0.05) is 19.3 Å². The van der Waals surface area contributed by atoms with Crippen molar-refractivity contribution in [3.63, 3.8) is 0 Å². The second kappa shape index (κ2) is 22.8. The molecule has 4 aromatic rings. The molecule has 0 bridgehead atoms. The lowest BCUT2D eigenvalue weighted by atomic mass is 9.91. The lowest BCUT2D eigenvalue weighted by molar-refractivity contribution is -0.146. The molecule has 0 spiro atoms. The van der Waals surface area contributed by atoms with Crippen LogP contribution in [0.15, 0.2) is 60.7 Å². The summed E-state index contributed by atoms with van der Waals surface area (Å²) < 4.78 is 45.2. The molecule has 4 rings (SSSR count). The predicted octanol–water partition coefficient (Wildman–Crippen LogP) is 7.46. The van der Waals surface area contributed by atoms with Gasteiger partial charge in [0.25, 0.3) is 0 Å². The Morgan fingerprint density at radius 2 is 0.644 bits per heavy atom. The lowest BCUT2D eigenvalue weighted by Gasteiger charge is -2.21. The summed E-state index contributed by atoms with van der Waals surface area (Å²) in [5, 5.41) is 0. The van der Waals surface area contributed by atoms with Gasteiger partial charge in [-0.05, 0) is 101 Å². The Bertz CT molecular complexity index is 1940. The number of rotatable bonds is 22. The Balaban J connectivity index is 1.84. The highest BCUT2D eigenvalue weighted by molar-refractivity contribution is 5.73. The van der Waals surface area contributed by atoms with Crippen LogP contribution in [0, 0.1) is 27.7 Å². The number of carbonyl (C=O) groups is 4. The van der Waals surface area contributed by atoms with Crippen molar-refractivity contribution in [3.05, 3.63) is 116 Å². The molecule has 0 amide bonds. The zero-order chi connectivity index (χ0) is 42.9. The van der Waals surface area contributed by atoms with Gasteiger partial charge in [-0.25, -0.2) is 19.2 Å². The van der Waals surface area contributed by atoms with Crippen LogP contribution in [0.3, 0.4) is 0 Å². The fraction of sp³-hybridized carbons (Fsp3) is 0.404. The summed E-state index contributed by atoms with van der Waals surface area (Å²) in [6.45, 7) is 14.6. The highest BCUT2D eigenvalue weighted by Crippen LogP contribution is 2.37. The zero-order valence-electron chi connectivity index (χ0n) is 35.5. The smallest absolute Gasteiger partial charge is 0.344 e. The molecule has 0 saturated heterocycles. The Kier molecular flexibility index (Phi) is 17.6. The minimum Gasteiger partial charge on any atom is -0.482 e. The molecular weight excluding hydrogens is 757 g/mol. The topological polar surface area (TPSA) is 142 Å². The van der Waals surface area contributed by atoms with Crippen molar-refractivity contribution in [1.29, 1.82) is 0 Å². The molecule has 0 unspecified atom stereocenters. The predicted molar refractivity (Wildman–Crippen MR) is 222 cm³/mol. The van der Waals surface area contributed by atoms with Crippen molar-refractivity contribution in [1.82, 2.24) is 0 Å². The van der Waals surface area contributed by atoms with Crippen LogP contribution in [0.2, 0.25) is 0 Å². The maximum Gasteiger partial charge on any atom is 0.344 e. The minimum absolute atomic E-state index is 0.198. The first-order valence-corrected chi connectivity index (χ1v) is 19.9. The van der Waals surface area contributed by atoms with Gasteiger partial charge in [-0.3, -0.25) is 0 Å². The molecule has 4 aromatic carbocycles. The van der Waals surface area contributed by atoms with Crippen LogP contribution >= 0.6 is 0 Å². The summed E-state index contributed by atoms with van der Waals surface area (Å²) in [7, 11) is 0. The number of aryl methyl sites for hydroxylation is 4. The SMILES string of the molecule is CCOC(=O)COc1ccc(C)cc1Cc1cc(C)cc(Cc2cc(C)cc(Cc3cc(C)ccc3OCC(=O)OCC)c2OCC(=O)OCC)c1OCC(=O)OCC. The van der Waals surface area contributed by atoms with E-state index >= 15 is 0 Å². The van der Waals surface area contributed by atoms with Crippen LogP contribution in [0.4, 0.5) is 0 Å². The fourth-order valence-electron chi connectivity index (χ4n) is 6.69. The molecule has 0 saturated carbocycles. The van der Waals surface area contributed by atoms with Crippen molar-refractivity contribution < 1.29 is 57.1 Å². The summed E-state index contributed by atoms with van der Waals surface area (Å²) in [5.74, 6) is 0.00573. The van der Waals surface area contributed by atoms with E-state index in [1.54, 1.807) is 27.7 Å². The number of carbonyl (C=O) groups excluding carboxylic acids is 4. The minimum atomic E-state index is -0.519. The van der Waals surface area contributed by atoms with Crippen molar-refractivity contribution >= 4 is 23.9 Å². The normalized spacial score (nSPS) is 10.7. The molecule has 0 fully saturated rings. The van der Waals surface area contributed by atoms with E-state index in [0.29, 0.717) is 42.3 Å². The molecule has 316 valence electrons. The van der Waals surface area contributed by atoms with Gasteiger partial charge in [0.05, 0.1) is 26.4 Å². The van der Waals surface area contributed by atoms with Crippen LogP contribution < -0.4 is 18.9 Å². The summed E-state index contributed by atoms with van der Waals surface area (Å²) >= 11 is 0. The first-order chi connectivity index (χ1) is 28.3. The van der Waals surface area contributed by atoms with E-state index in [2.05, 4.69) is 0 Å². The number of esters is 4. The van der Waals surface area contributed by atoms with Crippen molar-refractivity contribution in [2.24, 2.45) is 0 Å². The summed E-state index contributed by atoms with van der Waals surface area (Å²) in [6.07, 6.45) is 0.986. The van der Waals surface area contributed by atoms with E-state index in [0.717, 1.165) is 55.6 Å². The van der Waals surface area contributed by atoms with E-state index in [-0.39, 0.29) is 52.9 Å². The number of benzene rings is 4. The van der Waals surface area contributed by atoms with Crippen LogP contribution in [-0.2, 0) is 57.4 Å². The third kappa shape index (κ3) is 14.1. The Morgan fingerprint density at radius 3 is 0.949 bits per heavy atom. The highest BCUT2D eigenvalue weighted by atomic mass is 16.6. The van der Waals surface area contributed by atoms with Gasteiger partial charge in [0.15, 0.2) is 26.4 Å². The molecule has 0 heterocycles. The van der Waals surface area contributed by atoms with E-state index < -0.39 is 23.9 Å². The molecular formula is C47H56O12. The van der Waals surface area contributed by atoms with Gasteiger partial charge in [0.2, 0.25) is 0 Å². The molecule has 0 aliphatic heterocycles. The van der Waals surface area contributed by atoms with Crippen molar-refractivity contribution in [2.45, 2.75) is 74.7 Å². The molecule has 0 atom stereocenters. The summed E-state index contributed by atoms with van der Waals surface area (Å²) in [6, 6.07) is 19.4. The van der Waals surface area contributed by atoms with Gasteiger partial charge in [-0.2, -0.15) is 0 Å². The van der Waals surface area contributed by atoms with Gasteiger partial charge in [-0.15, -0.1) is 0 Å². The molecule has 12 heteroatoms. The second-order valence-corrected chi connectivity index (χ2v) is 14.0. The van der Waals surface area contributed by atoms with E-state index in [1.807, 2.05) is 88.4 Å². The van der Waals surface area contributed by atoms with E-state index in [9.17, 15) is 19.2 Å². The summed E-state index contributed by atoms with van der Waals surface area (Å²) in [4.78, 5) is 49.8. The molecule has 12 nitrogen and oxygen atoms in total. The Morgan fingerprint density at radius 1 is 0.373 bits per heavy atom. The standard InChI is InChI=1S/C47H56O12/c1-9-52-42(48)26-56-40-15-13-30(5)17-34(40)23-36-19-32(7)21-38(46(36)58-28-44(50)54-11-3)25-39-22-33(8)20-37(47(39)59-29-45(51)55-12-4)24-35-18-31(6)14-16-41(35)57-27-43(49)53-10-2/h13-22H,9-12,23-29H2,1-8H3. The first kappa shape index (κ1) is 45.7. The molecule has 0 aliphatic carbocycles. The van der Waals surface area contributed by atoms with E-state index in [1.165, 1.54) is 0 Å². The number of ether oxygens (including phenoxy) is 8. The van der Waals surface area contributed by atoms with Crippen molar-refractivity contribution in [2.75, 3.05) is 52.9 Å². The van der Waals surface area contributed by atoms with Gasteiger partial charge >= 0.3 is 23.9 Å². The summed E-state index contributed by atoms with van der Waals surface area (Å²) in [5.41, 5.74) is 8.55. The first-order valence-electron chi connectivity index (χ1n) is 19.9. The average molecular weight is 813 g/mol. The number of hydrogen-bond acceptors (Lipinski definition) is 12. The molecule has 0 radical (unpaired) electrons. The van der Waals surface area contributed by atoms with Gasteiger partial charge in [-0.1, -0.05) is 70.8 Å². The lowest BCUT2D eigenvalue weighted by Crippen LogP contribution is -2.18. The maximum absolute atomic E-state index is 12.7. The second-order valence-electron chi connectivity index (χ2n) is 14.0. The van der Waals surface area contributed by atoms with Crippen LogP contribution in [0.5, 0.6) is 23.0 Å². The Labute approximate surface area is 347 Å². The van der Waals surface area contributed by atoms with E-state index in [4.69, 9.17) is 37.9 Å². The third-order valence-electron chi connectivity index (χ3n) is 8.93. The van der Waals surface area contributed by atoms with Crippen LogP contribution in [0.1, 0.15) is 83.3 Å². The zero-order valence-corrected chi connectivity index (χ0v) is 35.5. The highest BCUT2D eigenvalue weighted by Gasteiger charge is 2.22. The molecule has 0 aromatic heterocycles. The third-order valence-corrected chi connectivity index (χ3v) is 8.93. The maximum atomic E-state index is 12.7. The average Bonchev–Trinajstić information content (AvgIpc) is 3.17. The quantitative estimate of drug-likeness (QED) is 0.0575. The molecule has 0 aliphatic rings. The molecule has 0 N–H and O–H groups in total. The Hall–Kier alpha value is -6.04. The van der Waals surface area contributed by atoms with Gasteiger partial charge in [0.1, 0.15) is 23.0 Å². The van der Waals surface area contributed by atoms with Gasteiger partial charge < -0.3 is 37.9 Å². The number of hydrogen-bond donors (Lipinski definition) is 0. The fourth-order valence-corrected chi connectivity index (χ4v) is 6.69.